The first-order valence-electron chi connectivity index (χ1n) is 8.62. The first-order valence-corrected chi connectivity index (χ1v) is 8.62. The van der Waals surface area contributed by atoms with Crippen molar-refractivity contribution in [3.05, 3.63) is 11.1 Å². The van der Waals surface area contributed by atoms with Crippen molar-refractivity contribution in [1.82, 2.24) is 5.32 Å². The van der Waals surface area contributed by atoms with Crippen LogP contribution in [-0.2, 0) is 19.2 Å². The van der Waals surface area contributed by atoms with Crippen LogP contribution in [0.3, 0.4) is 0 Å². The summed E-state index contributed by atoms with van der Waals surface area (Å²) in [7, 11) is 0. The third-order valence-corrected chi connectivity index (χ3v) is 5.27. The van der Waals surface area contributed by atoms with Gasteiger partial charge >= 0.3 is 11.9 Å². The van der Waals surface area contributed by atoms with E-state index in [2.05, 4.69) is 5.32 Å². The molecule has 0 radical (unpaired) electrons. The second-order valence-corrected chi connectivity index (χ2v) is 6.87. The Morgan fingerprint density at radius 1 is 0.800 bits per heavy atom. The Morgan fingerprint density at radius 3 is 1.88 bits per heavy atom. The van der Waals surface area contributed by atoms with Gasteiger partial charge in [-0.05, 0) is 24.7 Å². The Hall–Kier alpha value is -2.38. The van der Waals surface area contributed by atoms with Gasteiger partial charge in [0.25, 0.3) is 11.8 Å². The molecule has 2 amide bonds. The van der Waals surface area contributed by atoms with E-state index in [0.717, 1.165) is 19.3 Å². The maximum atomic E-state index is 12.3. The molecule has 8 heteroatoms. The van der Waals surface area contributed by atoms with Gasteiger partial charge in [0.15, 0.2) is 0 Å². The lowest BCUT2D eigenvalue weighted by Crippen LogP contribution is -2.42. The van der Waals surface area contributed by atoms with Crippen molar-refractivity contribution in [2.75, 3.05) is 0 Å². The fraction of sp³-hybridized carbons (Fsp3) is 0.647. The van der Waals surface area contributed by atoms with Crippen molar-refractivity contribution in [3.8, 4) is 0 Å². The smallest absolute Gasteiger partial charge is 0.342 e. The number of rotatable bonds is 6. The number of aliphatic carboxylic acids is 2. The first-order chi connectivity index (χ1) is 11.8. The average Bonchev–Trinajstić information content (AvgIpc) is 3.05. The van der Waals surface area contributed by atoms with Crippen molar-refractivity contribution in [3.63, 3.8) is 0 Å². The molecule has 2 aliphatic rings. The van der Waals surface area contributed by atoms with Gasteiger partial charge in [0, 0.05) is 6.04 Å². The molecule has 2 fully saturated rings. The zero-order chi connectivity index (χ0) is 18.6. The molecule has 0 aromatic heterocycles. The van der Waals surface area contributed by atoms with Crippen molar-refractivity contribution in [2.24, 2.45) is 17.6 Å². The molecule has 0 saturated heterocycles. The minimum atomic E-state index is -1.83. The maximum Gasteiger partial charge on any atom is 0.342 e. The van der Waals surface area contributed by atoms with Crippen LogP contribution in [0.15, 0.2) is 11.1 Å². The number of amides is 2. The van der Waals surface area contributed by atoms with Crippen LogP contribution in [-0.4, -0.2) is 40.0 Å². The van der Waals surface area contributed by atoms with Crippen LogP contribution in [0.25, 0.3) is 0 Å². The molecule has 25 heavy (non-hydrogen) atoms. The molecule has 0 spiro atoms. The molecule has 2 saturated carbocycles. The predicted octanol–water partition coefficient (Wildman–Crippen LogP) is 0.803. The molecule has 2 unspecified atom stereocenters. The lowest BCUT2D eigenvalue weighted by Gasteiger charge is -2.33. The summed E-state index contributed by atoms with van der Waals surface area (Å²) in [5, 5.41) is 20.8. The highest BCUT2D eigenvalue weighted by atomic mass is 16.4. The first kappa shape index (κ1) is 19.0. The lowest BCUT2D eigenvalue weighted by molar-refractivity contribution is -0.139. The number of hydrogen-bond donors (Lipinski definition) is 4. The second kappa shape index (κ2) is 8.13. The van der Waals surface area contributed by atoms with E-state index in [1.807, 2.05) is 0 Å². The van der Waals surface area contributed by atoms with Gasteiger partial charge in [-0.1, -0.05) is 38.5 Å². The number of nitrogens with one attached hydrogen (secondary N) is 1. The number of carbonyl (C=O) groups is 4. The number of carboxylic acids is 2. The number of nitrogens with two attached hydrogens (primary N) is 1. The van der Waals surface area contributed by atoms with Gasteiger partial charge in [0.2, 0.25) is 0 Å². The Kier molecular flexibility index (Phi) is 6.17. The lowest BCUT2D eigenvalue weighted by atomic mass is 9.77. The van der Waals surface area contributed by atoms with Crippen molar-refractivity contribution in [1.29, 1.82) is 0 Å². The average molecular weight is 352 g/mol. The van der Waals surface area contributed by atoms with Crippen LogP contribution < -0.4 is 11.1 Å². The van der Waals surface area contributed by atoms with Gasteiger partial charge in [-0.15, -0.1) is 0 Å². The topological polar surface area (TPSA) is 147 Å². The minimum absolute atomic E-state index is 0.218. The van der Waals surface area contributed by atoms with Crippen LogP contribution in [0, 0.1) is 11.8 Å². The van der Waals surface area contributed by atoms with E-state index >= 15 is 0 Å². The van der Waals surface area contributed by atoms with E-state index in [9.17, 15) is 24.3 Å². The van der Waals surface area contributed by atoms with Crippen molar-refractivity contribution in [2.45, 2.75) is 57.4 Å². The van der Waals surface area contributed by atoms with Crippen LogP contribution in [0.5, 0.6) is 0 Å². The molecule has 0 heterocycles. The van der Waals surface area contributed by atoms with Crippen LogP contribution in [0.2, 0.25) is 0 Å². The van der Waals surface area contributed by atoms with Gasteiger partial charge in [-0.2, -0.15) is 0 Å². The van der Waals surface area contributed by atoms with E-state index < -0.39 is 34.9 Å². The summed E-state index contributed by atoms with van der Waals surface area (Å²) in [5.41, 5.74) is 2.62. The van der Waals surface area contributed by atoms with E-state index in [4.69, 9.17) is 10.8 Å². The normalized spacial score (nSPS) is 25.1. The SMILES string of the molecule is NC(=O)/C(C(=O)O)=C(\C(=O)O)C(=O)NC1CCCC(C2CCCC2)C1. The summed E-state index contributed by atoms with van der Waals surface area (Å²) in [4.78, 5) is 46.0. The van der Waals surface area contributed by atoms with Gasteiger partial charge in [-0.3, -0.25) is 9.59 Å². The number of primary amides is 1. The fourth-order valence-corrected chi connectivity index (χ4v) is 4.13. The molecule has 2 rings (SSSR count). The van der Waals surface area contributed by atoms with Gasteiger partial charge < -0.3 is 21.3 Å². The molecule has 2 aliphatic carbocycles. The molecular formula is C17H24N2O6. The van der Waals surface area contributed by atoms with E-state index in [1.165, 1.54) is 25.7 Å². The van der Waals surface area contributed by atoms with E-state index in [-0.39, 0.29) is 6.04 Å². The minimum Gasteiger partial charge on any atom is -0.477 e. The Bertz CT molecular complexity index is 590. The van der Waals surface area contributed by atoms with Gasteiger partial charge in [0.1, 0.15) is 11.1 Å². The molecule has 138 valence electrons. The Labute approximate surface area is 145 Å². The molecule has 0 aromatic rings. The van der Waals surface area contributed by atoms with Gasteiger partial charge in [0.05, 0.1) is 0 Å². The molecular weight excluding hydrogens is 328 g/mol. The monoisotopic (exact) mass is 352 g/mol. The van der Waals surface area contributed by atoms with Crippen LogP contribution in [0.4, 0.5) is 0 Å². The van der Waals surface area contributed by atoms with Crippen molar-refractivity contribution >= 4 is 23.8 Å². The summed E-state index contributed by atoms with van der Waals surface area (Å²) in [6.07, 6.45) is 8.32. The number of hydrogen-bond acceptors (Lipinski definition) is 4. The largest absolute Gasteiger partial charge is 0.477 e. The van der Waals surface area contributed by atoms with E-state index in [1.54, 1.807) is 0 Å². The molecule has 2 atom stereocenters. The zero-order valence-corrected chi connectivity index (χ0v) is 14.0. The van der Waals surface area contributed by atoms with Crippen LogP contribution >= 0.6 is 0 Å². The number of carboxylic acid groups (broad SMARTS) is 2. The van der Waals surface area contributed by atoms with Crippen LogP contribution in [0.1, 0.15) is 51.4 Å². The summed E-state index contributed by atoms with van der Waals surface area (Å²) in [5.74, 6) is -4.99. The molecule has 5 N–H and O–H groups in total. The molecule has 0 aliphatic heterocycles. The third kappa shape index (κ3) is 4.58. The zero-order valence-electron chi connectivity index (χ0n) is 14.0. The Balaban J connectivity index is 2.12. The summed E-state index contributed by atoms with van der Waals surface area (Å²) < 4.78 is 0. The number of carbonyl (C=O) groups excluding carboxylic acids is 2. The summed E-state index contributed by atoms with van der Waals surface area (Å²) in [6.45, 7) is 0. The highest BCUT2D eigenvalue weighted by Gasteiger charge is 2.34. The van der Waals surface area contributed by atoms with Crippen molar-refractivity contribution < 1.29 is 29.4 Å². The Morgan fingerprint density at radius 2 is 1.36 bits per heavy atom. The fourth-order valence-electron chi connectivity index (χ4n) is 4.13. The second-order valence-electron chi connectivity index (χ2n) is 6.87. The quantitative estimate of drug-likeness (QED) is 0.316. The molecule has 0 aromatic carbocycles. The summed E-state index contributed by atoms with van der Waals surface area (Å²) >= 11 is 0. The summed E-state index contributed by atoms with van der Waals surface area (Å²) in [6, 6.07) is -0.218. The highest BCUT2D eigenvalue weighted by molar-refractivity contribution is 6.29. The molecule has 0 bridgehead atoms. The predicted molar refractivity (Wildman–Crippen MR) is 87.3 cm³/mol. The van der Waals surface area contributed by atoms with E-state index in [0.29, 0.717) is 18.3 Å². The molecule has 8 nitrogen and oxygen atoms in total. The highest BCUT2D eigenvalue weighted by Crippen LogP contribution is 2.39. The standard InChI is InChI=1S/C17H24N2O6/c18-14(20)12(16(22)23)13(17(24)25)15(21)19-11-7-3-6-10(8-11)9-4-1-2-5-9/h9-11H,1-8H2,(H2,18,20)(H,19,21)(H,22,23)(H,24,25)/b13-12+. The third-order valence-electron chi connectivity index (χ3n) is 5.27. The maximum absolute atomic E-state index is 12.3. The van der Waals surface area contributed by atoms with Gasteiger partial charge in [-0.25, -0.2) is 9.59 Å².